The lowest BCUT2D eigenvalue weighted by molar-refractivity contribution is 0.101. The summed E-state index contributed by atoms with van der Waals surface area (Å²) in [4.78, 5) is 92.9. The van der Waals surface area contributed by atoms with Crippen molar-refractivity contribution in [2.75, 3.05) is 93.2 Å². The second-order valence-electron chi connectivity index (χ2n) is 28.4. The number of nitrogens with one attached hydrogen (secondary N) is 4. The summed E-state index contributed by atoms with van der Waals surface area (Å²) in [5.41, 5.74) is 13.3. The molecule has 4 amide bonds. The highest BCUT2D eigenvalue weighted by Crippen LogP contribution is 2.36. The van der Waals surface area contributed by atoms with Crippen LogP contribution in [0.4, 0.5) is 67.3 Å². The maximum absolute atomic E-state index is 13.9. The van der Waals surface area contributed by atoms with Crippen LogP contribution in [0.15, 0.2) is 174 Å². The van der Waals surface area contributed by atoms with Gasteiger partial charge < -0.3 is 40.9 Å². The first-order chi connectivity index (χ1) is 58.2. The van der Waals surface area contributed by atoms with Crippen molar-refractivity contribution in [3.63, 3.8) is 0 Å². The van der Waals surface area contributed by atoms with Gasteiger partial charge in [0.25, 0.3) is 35.5 Å². The maximum atomic E-state index is 13.9. The molecule has 4 aliphatic heterocycles. The Bertz CT molecular complexity index is 5720. The van der Waals surface area contributed by atoms with Crippen LogP contribution < -0.4 is 40.9 Å². The first-order valence-electron chi connectivity index (χ1n) is 38.1. The summed E-state index contributed by atoms with van der Waals surface area (Å²) in [6.07, 6.45) is 13.3. The molecule has 4 aliphatic rings. The normalized spacial score (nSPS) is 14.2. The Morgan fingerprint density at radius 2 is 0.942 bits per heavy atom. The number of hydrogen-bond donors (Lipinski definition) is 4. The molecule has 5 aromatic carbocycles. The number of amides is 4. The predicted molar refractivity (Wildman–Crippen MR) is 461 cm³/mol. The number of aryl methyl sites for hydroxylation is 4. The summed E-state index contributed by atoms with van der Waals surface area (Å²) >= 11 is 21.0. The van der Waals surface area contributed by atoms with Gasteiger partial charge in [-0.05, 0) is 196 Å². The first kappa shape index (κ1) is 86.2. The van der Waals surface area contributed by atoms with Crippen LogP contribution in [0.5, 0.6) is 0 Å². The van der Waals surface area contributed by atoms with Crippen LogP contribution in [0, 0.1) is 42.9 Å². The summed E-state index contributed by atoms with van der Waals surface area (Å²) in [7, 11) is 1.74. The lowest BCUT2D eigenvalue weighted by Gasteiger charge is -2.30. The standard InChI is InChI=1S/C22H18ClF2N3OS.C21H19ClFN5OS.C21H22FN7O.C20H20ClFN8O/c1-13-9-10-28(22-27-19(23)12-30-22)11-16(13)14-5-7-15(8-6-14)26-21(29)20-17(24)3-2-4-18(20)25;1-12-6-7-28(21-26-8-13(2)30-21)11-14(12)17-9-25-18(10-24-17)27-20(29)19-15(22)4-3-5-16(19)23;1-13-4-6-16(22)10-17(13)20(30)24-19-7-5-15(11-23-19)18-12-29(9-8-14(18)2)21-25-27-28(3)26-21;1-3-30-27-20(26-28-30)29-8-7-12(2)13(11-29)16-9-24-17(10-23-16)25-19(31)18-14(21)5-4-6-15(18)22/h2-8,12H,9-11H2,1H3,(H,26,29);3-5,8-10H,6-7,11H2,1-2H3,(H,25,27,29);4-7,10-11H,8-9,12H2,1-3H3,(H,23,24,30);4-6,9-10H,3,7-8,11H2,1-2H3,(H,24,25,31). The van der Waals surface area contributed by atoms with Crippen LogP contribution in [0.2, 0.25) is 15.2 Å². The molecular weight excluding hydrogens is 1660 g/mol. The van der Waals surface area contributed by atoms with Crippen LogP contribution >= 0.6 is 57.5 Å². The van der Waals surface area contributed by atoms with E-state index in [4.69, 9.17) is 34.8 Å². The minimum atomic E-state index is -0.894. The van der Waals surface area contributed by atoms with E-state index in [1.165, 1.54) is 116 Å². The molecular formula is C84H79Cl3F5N23O4S2. The van der Waals surface area contributed by atoms with Crippen molar-refractivity contribution in [3.05, 3.63) is 274 Å². The molecule has 27 nitrogen and oxygen atoms in total. The van der Waals surface area contributed by atoms with E-state index >= 15 is 0 Å². The van der Waals surface area contributed by atoms with Crippen LogP contribution in [-0.4, -0.2) is 151 Å². The minimum absolute atomic E-state index is 0.0266. The number of pyridine rings is 1. The topological polar surface area (TPSA) is 307 Å². The second-order valence-corrected chi connectivity index (χ2v) is 31.7. The fraction of sp³-hybridized carbons (Fsp3) is 0.250. The fourth-order valence-corrected chi connectivity index (χ4v) is 15.6. The average Bonchev–Trinajstić information content (AvgIpc) is 1.74. The van der Waals surface area contributed by atoms with Crippen LogP contribution in [0.3, 0.4) is 0 Å². The van der Waals surface area contributed by atoms with Gasteiger partial charge in [0.2, 0.25) is 0 Å². The highest BCUT2D eigenvalue weighted by Gasteiger charge is 2.29. The number of carbonyl (C=O) groups is 4. The van der Waals surface area contributed by atoms with Crippen molar-refractivity contribution >= 4 is 149 Å². The number of hydrogen-bond acceptors (Lipinski definition) is 23. The Hall–Kier alpha value is -12.6. The van der Waals surface area contributed by atoms with E-state index in [9.17, 15) is 41.1 Å². The molecule has 12 aromatic rings. The van der Waals surface area contributed by atoms with E-state index in [-0.39, 0.29) is 38.7 Å². The molecule has 0 saturated carbocycles. The summed E-state index contributed by atoms with van der Waals surface area (Å²) in [6.45, 7) is 20.8. The SMILES string of the molecule is CC1=C(c2ccc(NC(=O)c3c(F)cccc3F)cc2)CN(c2nc(Cl)cs2)CC1.CC1=C(c2ccc(NC(=O)c3cc(F)ccc3C)nc2)CN(c2nnn(C)n2)CC1.CC1=C(c2cnc(NC(=O)c3c(F)cccc3Cl)cn2)CN(c2ncc(C)s2)CC1.CCn1nnc(N2CCC(C)=C(c3cnc(NC(=O)c4c(F)cccc4Cl)cn3)C2)n1. The van der Waals surface area contributed by atoms with Gasteiger partial charge in [0.05, 0.1) is 70.9 Å². The highest BCUT2D eigenvalue weighted by atomic mass is 35.5. The van der Waals surface area contributed by atoms with E-state index in [0.717, 1.165) is 108 Å². The molecule has 622 valence electrons. The van der Waals surface area contributed by atoms with Crippen molar-refractivity contribution in [1.82, 2.24) is 75.3 Å². The van der Waals surface area contributed by atoms with Crippen LogP contribution in [-0.2, 0) is 13.6 Å². The Balaban J connectivity index is 0.000000139. The highest BCUT2D eigenvalue weighted by molar-refractivity contribution is 7.15. The largest absolute Gasteiger partial charge is 0.343 e. The van der Waals surface area contributed by atoms with Gasteiger partial charge in [0.1, 0.15) is 45.6 Å². The molecule has 37 heteroatoms. The molecule has 7 aromatic heterocycles. The number of rotatable bonds is 17. The van der Waals surface area contributed by atoms with E-state index in [1.807, 2.05) is 48.5 Å². The number of carbonyl (C=O) groups excluding carboxylic acids is 4. The van der Waals surface area contributed by atoms with E-state index < -0.39 is 52.4 Å². The molecule has 0 atom stereocenters. The number of anilines is 8. The number of nitrogens with zero attached hydrogens (tertiary/aromatic N) is 19. The molecule has 121 heavy (non-hydrogen) atoms. The lowest BCUT2D eigenvalue weighted by atomic mass is 9.95. The lowest BCUT2D eigenvalue weighted by Crippen LogP contribution is -2.32. The van der Waals surface area contributed by atoms with Gasteiger partial charge in [-0.1, -0.05) is 104 Å². The van der Waals surface area contributed by atoms with Crippen molar-refractivity contribution in [3.8, 4) is 0 Å². The van der Waals surface area contributed by atoms with Crippen LogP contribution in [0.25, 0.3) is 22.3 Å². The molecule has 0 fully saturated rings. The Kier molecular flexibility index (Phi) is 27.8. The summed E-state index contributed by atoms with van der Waals surface area (Å²) in [5, 5.41) is 39.4. The van der Waals surface area contributed by atoms with Gasteiger partial charge in [-0.3, -0.25) is 29.1 Å². The third kappa shape index (κ3) is 21.3. The molecule has 0 unspecified atom stereocenters. The van der Waals surface area contributed by atoms with Gasteiger partial charge in [-0.2, -0.15) is 9.59 Å². The van der Waals surface area contributed by atoms with Gasteiger partial charge in [0.15, 0.2) is 21.9 Å². The quantitative estimate of drug-likeness (QED) is 0.0616. The molecule has 16 rings (SSSR count). The van der Waals surface area contributed by atoms with Gasteiger partial charge in [0, 0.05) is 86.3 Å². The minimum Gasteiger partial charge on any atom is -0.343 e. The number of tetrazole rings is 2. The molecule has 0 spiro atoms. The van der Waals surface area contributed by atoms with E-state index in [1.54, 1.807) is 73.0 Å². The van der Waals surface area contributed by atoms with Crippen molar-refractivity contribution in [2.45, 2.75) is 80.7 Å². The number of thiazole rings is 2. The molecule has 0 aliphatic carbocycles. The van der Waals surface area contributed by atoms with Gasteiger partial charge in [-0.15, -0.1) is 32.9 Å². The molecule has 11 heterocycles. The molecule has 0 saturated heterocycles. The maximum Gasteiger partial charge on any atom is 0.266 e. The number of halogens is 8. The van der Waals surface area contributed by atoms with Crippen molar-refractivity contribution in [2.24, 2.45) is 7.05 Å². The third-order valence-electron chi connectivity index (χ3n) is 20.1. The zero-order valence-electron chi connectivity index (χ0n) is 66.6. The summed E-state index contributed by atoms with van der Waals surface area (Å²) in [5.74, 6) is -4.18. The number of aromatic nitrogens is 15. The molecule has 0 radical (unpaired) electrons. The van der Waals surface area contributed by atoms with Gasteiger partial charge in [-0.25, -0.2) is 46.9 Å². The molecule has 0 bridgehead atoms. The summed E-state index contributed by atoms with van der Waals surface area (Å²) in [6, 6.07) is 26.5. The fourth-order valence-electron chi connectivity index (χ4n) is 13.4. The zero-order chi connectivity index (χ0) is 85.7. The van der Waals surface area contributed by atoms with Crippen molar-refractivity contribution in [1.29, 1.82) is 0 Å². The monoisotopic (exact) mass is 1740 g/mol. The third-order valence-corrected chi connectivity index (χ3v) is 23.0. The Morgan fingerprint density at radius 1 is 0.463 bits per heavy atom. The van der Waals surface area contributed by atoms with E-state index in [0.29, 0.717) is 78.1 Å². The zero-order valence-corrected chi connectivity index (χ0v) is 70.5. The first-order valence-corrected chi connectivity index (χ1v) is 40.9. The number of benzene rings is 5. The Labute approximate surface area is 715 Å². The van der Waals surface area contributed by atoms with Crippen molar-refractivity contribution < 1.29 is 41.1 Å². The van der Waals surface area contributed by atoms with Gasteiger partial charge >= 0.3 is 0 Å². The van der Waals surface area contributed by atoms with Crippen LogP contribution in [0.1, 0.15) is 135 Å². The summed E-state index contributed by atoms with van der Waals surface area (Å²) < 4.78 is 69.0. The second kappa shape index (κ2) is 39.1. The smallest absolute Gasteiger partial charge is 0.266 e. The Morgan fingerprint density at radius 3 is 1.44 bits per heavy atom. The average molecular weight is 1740 g/mol. The molecule has 4 N–H and O–H groups in total. The predicted octanol–water partition coefficient (Wildman–Crippen LogP) is 17.2. The van der Waals surface area contributed by atoms with E-state index in [2.05, 4.69) is 129 Å².